The van der Waals surface area contributed by atoms with Crippen LogP contribution < -0.4 is 5.48 Å². The van der Waals surface area contributed by atoms with Crippen LogP contribution in [0.3, 0.4) is 0 Å². The number of amides is 1. The first-order chi connectivity index (χ1) is 23.0. The van der Waals surface area contributed by atoms with Crippen LogP contribution in [-0.2, 0) is 20.9 Å². The summed E-state index contributed by atoms with van der Waals surface area (Å²) in [5, 5.41) is 5.83. The van der Waals surface area contributed by atoms with E-state index in [1.807, 2.05) is 83.2 Å². The smallest absolute Gasteiger partial charge is 0.230 e. The number of piperazine rings is 1. The molecular weight excluding hydrogens is 653 g/mol. The summed E-state index contributed by atoms with van der Waals surface area (Å²) in [7, 11) is 0. The summed E-state index contributed by atoms with van der Waals surface area (Å²) in [5.41, 5.74) is 7.99. The molecule has 11 heteroatoms. The molecule has 1 N–H and O–H groups in total. The highest BCUT2D eigenvalue weighted by Crippen LogP contribution is 2.31. The molecule has 8 nitrogen and oxygen atoms in total. The zero-order chi connectivity index (χ0) is 32.4. The average Bonchev–Trinajstić information content (AvgIpc) is 3.58. The largest absolute Gasteiger partial charge is 0.291 e. The first-order valence-corrected chi connectivity index (χ1v) is 17.0. The molecule has 1 atom stereocenters. The van der Waals surface area contributed by atoms with Crippen molar-refractivity contribution in [3.8, 4) is 11.3 Å². The fraction of sp³-hybridized carbons (Fsp3) is 0.222. The average molecular weight is 689 g/mol. The van der Waals surface area contributed by atoms with E-state index in [1.165, 1.54) is 22.5 Å². The van der Waals surface area contributed by atoms with Gasteiger partial charge in [0.15, 0.2) is 6.73 Å². The molecule has 1 amide bonds. The van der Waals surface area contributed by atoms with E-state index in [2.05, 4.69) is 51.8 Å². The maximum atomic E-state index is 13.4. The van der Waals surface area contributed by atoms with Crippen LogP contribution in [0.5, 0.6) is 0 Å². The fourth-order valence-electron chi connectivity index (χ4n) is 5.45. The number of nitrogens with one attached hydrogen (secondary N) is 1. The lowest BCUT2D eigenvalue weighted by atomic mass is 9.96. The van der Waals surface area contributed by atoms with Gasteiger partial charge in [0.05, 0.1) is 18.2 Å². The SMILES string of the molecule is O=C(Cc1ccccc1)N(CONc1nc(-c2ccc(Cl)cc2)cs1)CON1CCN(C(c2ccccc2)c2ccc(Cl)cc2)CC1. The lowest BCUT2D eigenvalue weighted by Gasteiger charge is -2.39. The van der Waals surface area contributed by atoms with E-state index >= 15 is 0 Å². The summed E-state index contributed by atoms with van der Waals surface area (Å²) in [6.45, 7) is 2.98. The lowest BCUT2D eigenvalue weighted by molar-refractivity contribution is -0.215. The number of rotatable bonds is 13. The maximum Gasteiger partial charge on any atom is 0.230 e. The molecule has 4 aromatic carbocycles. The molecule has 0 saturated carbocycles. The molecule has 0 bridgehead atoms. The molecule has 1 aliphatic heterocycles. The first-order valence-electron chi connectivity index (χ1n) is 15.3. The Morgan fingerprint density at radius 2 is 1.43 bits per heavy atom. The van der Waals surface area contributed by atoms with Gasteiger partial charge in [-0.25, -0.2) is 10.5 Å². The van der Waals surface area contributed by atoms with Gasteiger partial charge in [-0.2, -0.15) is 5.06 Å². The Labute approximate surface area is 289 Å². The van der Waals surface area contributed by atoms with Crippen molar-refractivity contribution in [2.75, 3.05) is 45.1 Å². The van der Waals surface area contributed by atoms with Crippen molar-refractivity contribution in [3.63, 3.8) is 0 Å². The zero-order valence-corrected chi connectivity index (χ0v) is 28.0. The third-order valence-electron chi connectivity index (χ3n) is 7.91. The number of thiazole rings is 1. The number of hydroxylamine groups is 2. The van der Waals surface area contributed by atoms with Gasteiger partial charge in [-0.05, 0) is 41.0 Å². The van der Waals surface area contributed by atoms with Gasteiger partial charge in [0, 0.05) is 47.2 Å². The molecule has 0 spiro atoms. The van der Waals surface area contributed by atoms with E-state index in [4.69, 9.17) is 32.9 Å². The lowest BCUT2D eigenvalue weighted by Crippen LogP contribution is -2.49. The first kappa shape index (κ1) is 33.1. The highest BCUT2D eigenvalue weighted by Gasteiger charge is 2.27. The molecule has 1 unspecified atom stereocenters. The van der Waals surface area contributed by atoms with Crippen LogP contribution in [0.2, 0.25) is 10.0 Å². The van der Waals surface area contributed by atoms with Crippen LogP contribution in [0.25, 0.3) is 11.3 Å². The fourth-order valence-corrected chi connectivity index (χ4v) is 6.37. The summed E-state index contributed by atoms with van der Waals surface area (Å²) >= 11 is 13.6. The second-order valence-electron chi connectivity index (χ2n) is 11.1. The third-order valence-corrected chi connectivity index (χ3v) is 9.15. The van der Waals surface area contributed by atoms with Gasteiger partial charge in [-0.1, -0.05) is 108 Å². The minimum atomic E-state index is -0.107. The number of halogens is 2. The standard InChI is InChI=1S/C36H35Cl2N5O3S/c37-31-15-11-28(12-16-31)33-24-47-36(39-33)40-45-25-42(34(44)23-27-7-3-1-4-8-27)26-46-43-21-19-41(20-22-43)35(29-9-5-2-6-10-29)30-13-17-32(38)18-14-30/h1-18,24,35H,19-23,25-26H2,(H,39,40). The number of carbonyl (C=O) groups is 1. The van der Waals surface area contributed by atoms with E-state index in [0.717, 1.165) is 34.9 Å². The second kappa shape index (κ2) is 16.3. The van der Waals surface area contributed by atoms with Gasteiger partial charge < -0.3 is 0 Å². The Morgan fingerprint density at radius 3 is 2.11 bits per heavy atom. The molecule has 0 radical (unpaired) electrons. The Balaban J connectivity index is 1.06. The predicted molar refractivity (Wildman–Crippen MR) is 188 cm³/mol. The number of benzene rings is 4. The van der Waals surface area contributed by atoms with Gasteiger partial charge in [-0.15, -0.1) is 11.3 Å². The van der Waals surface area contributed by atoms with Gasteiger partial charge in [0.25, 0.3) is 0 Å². The number of nitrogens with zero attached hydrogens (tertiary/aromatic N) is 4. The molecular formula is C36H35Cl2N5O3S. The monoisotopic (exact) mass is 687 g/mol. The molecule has 242 valence electrons. The van der Waals surface area contributed by atoms with Crippen molar-refractivity contribution in [2.45, 2.75) is 12.5 Å². The summed E-state index contributed by atoms with van der Waals surface area (Å²) in [5.74, 6) is -0.107. The van der Waals surface area contributed by atoms with Crippen molar-refractivity contribution in [1.82, 2.24) is 19.8 Å². The van der Waals surface area contributed by atoms with Crippen LogP contribution in [0.4, 0.5) is 5.13 Å². The Hall–Kier alpha value is -3.80. The van der Waals surface area contributed by atoms with Gasteiger partial charge in [0.2, 0.25) is 11.0 Å². The Kier molecular flexibility index (Phi) is 11.5. The minimum absolute atomic E-state index is 0.0197. The number of anilines is 1. The van der Waals surface area contributed by atoms with Crippen molar-refractivity contribution >= 4 is 45.6 Å². The summed E-state index contributed by atoms with van der Waals surface area (Å²) in [4.78, 5) is 34.0. The molecule has 47 heavy (non-hydrogen) atoms. The van der Waals surface area contributed by atoms with Gasteiger partial charge >= 0.3 is 0 Å². The molecule has 1 aromatic heterocycles. The normalized spacial score (nSPS) is 14.5. The van der Waals surface area contributed by atoms with Gasteiger partial charge in [0.1, 0.15) is 6.73 Å². The number of hydrogen-bond donors (Lipinski definition) is 1. The molecule has 1 aliphatic rings. The summed E-state index contributed by atoms with van der Waals surface area (Å²) < 4.78 is 0. The number of carbonyl (C=O) groups excluding carboxylic acids is 1. The van der Waals surface area contributed by atoms with E-state index in [-0.39, 0.29) is 31.8 Å². The highest BCUT2D eigenvalue weighted by atomic mass is 35.5. The minimum Gasteiger partial charge on any atom is -0.291 e. The molecule has 2 heterocycles. The molecule has 1 saturated heterocycles. The predicted octanol–water partition coefficient (Wildman–Crippen LogP) is 7.79. The topological polar surface area (TPSA) is 70.2 Å². The maximum absolute atomic E-state index is 13.4. The van der Waals surface area contributed by atoms with Crippen molar-refractivity contribution < 1.29 is 14.5 Å². The van der Waals surface area contributed by atoms with E-state index in [9.17, 15) is 4.79 Å². The summed E-state index contributed by atoms with van der Waals surface area (Å²) in [6, 6.07) is 35.8. The van der Waals surface area contributed by atoms with Crippen molar-refractivity contribution in [2.24, 2.45) is 0 Å². The van der Waals surface area contributed by atoms with E-state index in [0.29, 0.717) is 23.2 Å². The van der Waals surface area contributed by atoms with Crippen LogP contribution >= 0.6 is 34.5 Å². The summed E-state index contributed by atoms with van der Waals surface area (Å²) in [6.07, 6.45) is 0.235. The molecule has 1 fully saturated rings. The van der Waals surface area contributed by atoms with E-state index < -0.39 is 0 Å². The highest BCUT2D eigenvalue weighted by molar-refractivity contribution is 7.14. The molecule has 0 aliphatic carbocycles. The van der Waals surface area contributed by atoms with Crippen LogP contribution in [0, 0.1) is 0 Å². The van der Waals surface area contributed by atoms with Crippen molar-refractivity contribution in [3.05, 3.63) is 141 Å². The molecule has 6 rings (SSSR count). The number of hydrogen-bond acceptors (Lipinski definition) is 8. The Morgan fingerprint density at radius 1 is 0.809 bits per heavy atom. The zero-order valence-electron chi connectivity index (χ0n) is 25.7. The van der Waals surface area contributed by atoms with Crippen LogP contribution in [0.1, 0.15) is 22.7 Å². The Bertz CT molecular complexity index is 1700. The van der Waals surface area contributed by atoms with E-state index in [1.54, 1.807) is 4.90 Å². The second-order valence-corrected chi connectivity index (χ2v) is 12.8. The van der Waals surface area contributed by atoms with Crippen LogP contribution in [-0.4, -0.2) is 65.4 Å². The quantitative estimate of drug-likeness (QED) is 0.100. The van der Waals surface area contributed by atoms with Gasteiger partial charge in [-0.3, -0.25) is 24.3 Å². The number of aromatic nitrogens is 1. The third kappa shape index (κ3) is 9.18. The van der Waals surface area contributed by atoms with Crippen LogP contribution in [0.15, 0.2) is 115 Å². The molecule has 5 aromatic rings. The van der Waals surface area contributed by atoms with Crippen molar-refractivity contribution in [1.29, 1.82) is 0 Å².